The first-order valence-electron chi connectivity index (χ1n) is 6.66. The van der Waals surface area contributed by atoms with Crippen LogP contribution in [0.4, 0.5) is 0 Å². The van der Waals surface area contributed by atoms with Crippen molar-refractivity contribution in [3.8, 4) is 0 Å². The zero-order valence-electron chi connectivity index (χ0n) is 11.5. The summed E-state index contributed by atoms with van der Waals surface area (Å²) in [4.78, 5) is 0. The van der Waals surface area contributed by atoms with Gasteiger partial charge in [-0.05, 0) is 0 Å². The Morgan fingerprint density at radius 3 is 1.83 bits per heavy atom. The third kappa shape index (κ3) is 9.46. The van der Waals surface area contributed by atoms with Gasteiger partial charge in [-0.3, -0.25) is 0 Å². The van der Waals surface area contributed by atoms with Gasteiger partial charge in [0.05, 0.1) is 0 Å². The van der Waals surface area contributed by atoms with Gasteiger partial charge in [0.1, 0.15) is 0 Å². The molecule has 2 aromatic carbocycles. The van der Waals surface area contributed by atoms with E-state index in [1.807, 2.05) is 30.3 Å². The molecule has 0 unspecified atom stereocenters. The second-order valence-electron chi connectivity index (χ2n) is 4.90. The summed E-state index contributed by atoms with van der Waals surface area (Å²) < 4.78 is 0. The Hall–Kier alpha value is -0.564. The van der Waals surface area contributed by atoms with Crippen LogP contribution in [0, 0.1) is 0 Å². The molecule has 2 aromatic rings. The van der Waals surface area contributed by atoms with Crippen molar-refractivity contribution in [2.45, 2.75) is 38.4 Å². The molecule has 0 aliphatic rings. The summed E-state index contributed by atoms with van der Waals surface area (Å²) in [6.45, 7) is 4.87. The average molecular weight is 300 g/mol. The van der Waals surface area contributed by atoms with Crippen LogP contribution < -0.4 is 0 Å². The molecule has 0 radical (unpaired) electrons. The maximum atomic E-state index is 2.43. The van der Waals surface area contributed by atoms with Gasteiger partial charge in [-0.15, -0.1) is 0 Å². The van der Waals surface area contributed by atoms with Crippen LogP contribution in [-0.2, 0) is 23.5 Å². The van der Waals surface area contributed by atoms with Crippen LogP contribution in [0.5, 0.6) is 0 Å². The van der Waals surface area contributed by atoms with E-state index >= 15 is 0 Å². The Labute approximate surface area is 124 Å². The number of aryl methyl sites for hydroxylation is 1. The average Bonchev–Trinajstić information content (AvgIpc) is 2.99. The molecule has 0 N–H and O–H groups in total. The SMILES string of the molecule is C[SiH](C)CCCC[c-]1cccc1.[Fe].[cH-]1[cH-][cH-][cH-][cH-]1. The van der Waals surface area contributed by atoms with Gasteiger partial charge in [-0.25, -0.2) is 12.1 Å². The Morgan fingerprint density at radius 2 is 1.39 bits per heavy atom. The van der Waals surface area contributed by atoms with E-state index in [2.05, 4.69) is 37.4 Å². The first-order chi connectivity index (χ1) is 8.29. The predicted octanol–water partition coefficient (Wildman–Crippen LogP) is 4.62. The minimum absolute atomic E-state index is 0. The van der Waals surface area contributed by atoms with E-state index in [1.54, 1.807) is 0 Å². The summed E-state index contributed by atoms with van der Waals surface area (Å²) in [5.41, 5.74) is 1.51. The number of unbranched alkanes of at least 4 members (excludes halogenated alkanes) is 1. The van der Waals surface area contributed by atoms with E-state index < -0.39 is 0 Å². The van der Waals surface area contributed by atoms with Crippen LogP contribution in [0.2, 0.25) is 19.1 Å². The summed E-state index contributed by atoms with van der Waals surface area (Å²) in [6.07, 6.45) is 4.11. The van der Waals surface area contributed by atoms with Crippen molar-refractivity contribution >= 4 is 8.80 Å². The molecule has 18 heavy (non-hydrogen) atoms. The molecular formula is C16H24FeSi-6. The van der Waals surface area contributed by atoms with Gasteiger partial charge in [0.2, 0.25) is 0 Å². The molecule has 2 rings (SSSR count). The largest absolute Gasteiger partial charge is 0.748 e. The van der Waals surface area contributed by atoms with Crippen molar-refractivity contribution in [3.05, 3.63) is 60.2 Å². The van der Waals surface area contributed by atoms with Crippen LogP contribution >= 0.6 is 0 Å². The fourth-order valence-corrected chi connectivity index (χ4v) is 2.89. The first kappa shape index (κ1) is 17.4. The van der Waals surface area contributed by atoms with Gasteiger partial charge in [-0.1, -0.05) is 38.4 Å². The molecule has 0 saturated heterocycles. The van der Waals surface area contributed by atoms with Crippen LogP contribution in [0.15, 0.2) is 54.6 Å². The molecule has 0 nitrogen and oxygen atoms in total. The van der Waals surface area contributed by atoms with Gasteiger partial charge in [0, 0.05) is 25.9 Å². The van der Waals surface area contributed by atoms with E-state index in [4.69, 9.17) is 0 Å². The monoisotopic (exact) mass is 300 g/mol. The van der Waals surface area contributed by atoms with E-state index in [9.17, 15) is 0 Å². The topological polar surface area (TPSA) is 0 Å². The first-order valence-corrected chi connectivity index (χ1v) is 9.79. The van der Waals surface area contributed by atoms with Gasteiger partial charge in [-0.2, -0.15) is 17.7 Å². The molecule has 2 heteroatoms. The molecule has 0 atom stereocenters. The number of hydrogen-bond acceptors (Lipinski definition) is 0. The van der Waals surface area contributed by atoms with Gasteiger partial charge in [0.15, 0.2) is 0 Å². The van der Waals surface area contributed by atoms with Crippen molar-refractivity contribution in [1.82, 2.24) is 0 Å². The summed E-state index contributed by atoms with van der Waals surface area (Å²) in [7, 11) is -0.281. The molecule has 0 amide bonds. The Morgan fingerprint density at radius 1 is 0.889 bits per heavy atom. The maximum Gasteiger partial charge on any atom is 0.0305 e. The molecule has 0 heterocycles. The molecule has 0 bridgehead atoms. The van der Waals surface area contributed by atoms with Crippen LogP contribution in [0.3, 0.4) is 0 Å². The van der Waals surface area contributed by atoms with Crippen molar-refractivity contribution in [1.29, 1.82) is 0 Å². The van der Waals surface area contributed by atoms with E-state index in [-0.39, 0.29) is 25.9 Å². The number of rotatable bonds is 5. The van der Waals surface area contributed by atoms with Crippen molar-refractivity contribution < 1.29 is 17.1 Å². The van der Waals surface area contributed by atoms with E-state index in [1.165, 1.54) is 30.9 Å². The van der Waals surface area contributed by atoms with Crippen LogP contribution in [0.1, 0.15) is 18.4 Å². The molecule has 0 spiro atoms. The zero-order chi connectivity index (χ0) is 12.3. The Bertz CT molecular complexity index is 318. The predicted molar refractivity (Wildman–Crippen MR) is 80.7 cm³/mol. The molecular weight excluding hydrogens is 276 g/mol. The summed E-state index contributed by atoms with van der Waals surface area (Å²) in [5, 5.41) is 0. The van der Waals surface area contributed by atoms with Crippen molar-refractivity contribution in [2.24, 2.45) is 0 Å². The smallest absolute Gasteiger partial charge is 0.0305 e. The van der Waals surface area contributed by atoms with Crippen LogP contribution in [0.25, 0.3) is 0 Å². The molecule has 0 aliphatic carbocycles. The van der Waals surface area contributed by atoms with Gasteiger partial charge >= 0.3 is 0 Å². The summed E-state index contributed by atoms with van der Waals surface area (Å²) in [6, 6.07) is 20.2. The molecule has 0 aromatic heterocycles. The van der Waals surface area contributed by atoms with Crippen molar-refractivity contribution in [2.75, 3.05) is 0 Å². The van der Waals surface area contributed by atoms with Gasteiger partial charge < -0.3 is 30.3 Å². The number of hydrogen-bond donors (Lipinski definition) is 0. The fraction of sp³-hybridized carbons (Fsp3) is 0.375. The molecule has 0 aliphatic heterocycles. The minimum Gasteiger partial charge on any atom is -0.748 e. The normalized spacial score (nSPS) is 9.50. The molecule has 0 saturated carbocycles. The fourth-order valence-electron chi connectivity index (χ4n) is 1.78. The van der Waals surface area contributed by atoms with E-state index in [0.717, 1.165) is 0 Å². The summed E-state index contributed by atoms with van der Waals surface area (Å²) in [5.74, 6) is 0. The summed E-state index contributed by atoms with van der Waals surface area (Å²) >= 11 is 0. The standard InChI is InChI=1S/C11H19Si.C5H5.Fe/c1-12(2)10-6-5-9-11-7-3-4-8-11;1-2-4-5-3-1;/h3-4,7-8,12H,5-6,9-10H2,1-2H3;1-5H;/q-1;-5;. The third-order valence-corrected chi connectivity index (χ3v) is 4.35. The zero-order valence-corrected chi connectivity index (χ0v) is 13.7. The second kappa shape index (κ2) is 11.5. The molecule has 0 fully saturated rings. The van der Waals surface area contributed by atoms with E-state index in [0.29, 0.717) is 0 Å². The Kier molecular flexibility index (Phi) is 11.2. The van der Waals surface area contributed by atoms with Crippen molar-refractivity contribution in [3.63, 3.8) is 0 Å². The minimum atomic E-state index is -0.281. The van der Waals surface area contributed by atoms with Gasteiger partial charge in [0.25, 0.3) is 0 Å². The molecule has 106 valence electrons. The second-order valence-corrected chi connectivity index (χ2v) is 8.26. The van der Waals surface area contributed by atoms with Crippen LogP contribution in [-0.4, -0.2) is 8.80 Å². The Balaban J connectivity index is 0.000000405. The maximum absolute atomic E-state index is 2.43. The quantitative estimate of drug-likeness (QED) is 0.429. The third-order valence-electron chi connectivity index (χ3n) is 2.78.